The molecule has 1 amide bonds. The summed E-state index contributed by atoms with van der Waals surface area (Å²) in [5.74, 6) is 1.10. The number of benzene rings is 1. The molecular weight excluding hydrogens is 300 g/mol. The number of rotatable bonds is 4. The third-order valence-corrected chi connectivity index (χ3v) is 4.55. The fraction of sp³-hybridized carbons (Fsp3) is 0.421. The van der Waals surface area contributed by atoms with Crippen molar-refractivity contribution in [2.45, 2.75) is 45.4 Å². The summed E-state index contributed by atoms with van der Waals surface area (Å²) in [7, 11) is 0. The lowest BCUT2D eigenvalue weighted by atomic mass is 9.86. The fourth-order valence-corrected chi connectivity index (χ4v) is 3.30. The van der Waals surface area contributed by atoms with Crippen LogP contribution >= 0.6 is 0 Å². The van der Waals surface area contributed by atoms with Crippen molar-refractivity contribution in [3.63, 3.8) is 0 Å². The Morgan fingerprint density at radius 2 is 1.92 bits per heavy atom. The molecule has 1 aliphatic carbocycles. The van der Waals surface area contributed by atoms with Gasteiger partial charge in [0, 0.05) is 18.2 Å². The van der Waals surface area contributed by atoms with Gasteiger partial charge in [0.15, 0.2) is 5.82 Å². The maximum absolute atomic E-state index is 11.5. The summed E-state index contributed by atoms with van der Waals surface area (Å²) in [5, 5.41) is 2.82. The van der Waals surface area contributed by atoms with Crippen LogP contribution in [0.15, 0.2) is 30.5 Å². The van der Waals surface area contributed by atoms with Gasteiger partial charge in [0.25, 0.3) is 0 Å². The topological polar surface area (TPSA) is 80.9 Å². The van der Waals surface area contributed by atoms with Gasteiger partial charge in [0.2, 0.25) is 5.91 Å². The summed E-state index contributed by atoms with van der Waals surface area (Å²) < 4.78 is 0. The van der Waals surface area contributed by atoms with E-state index in [9.17, 15) is 4.79 Å². The molecule has 1 aliphatic rings. The van der Waals surface area contributed by atoms with Crippen molar-refractivity contribution in [3.05, 3.63) is 36.2 Å². The van der Waals surface area contributed by atoms with E-state index in [-0.39, 0.29) is 5.91 Å². The predicted molar refractivity (Wildman–Crippen MR) is 96.5 cm³/mol. The molecule has 2 aromatic rings. The second-order valence-corrected chi connectivity index (χ2v) is 6.56. The number of amides is 1. The number of nitrogens with zero attached hydrogens (tertiary/aromatic N) is 2. The van der Waals surface area contributed by atoms with Gasteiger partial charge in [-0.25, -0.2) is 9.97 Å². The number of anilines is 2. The van der Waals surface area contributed by atoms with Gasteiger partial charge < -0.3 is 11.1 Å². The van der Waals surface area contributed by atoms with E-state index in [1.54, 1.807) is 6.20 Å². The lowest BCUT2D eigenvalue weighted by Crippen LogP contribution is -2.16. The van der Waals surface area contributed by atoms with Crippen molar-refractivity contribution < 1.29 is 4.79 Å². The van der Waals surface area contributed by atoms with Crippen molar-refractivity contribution in [2.75, 3.05) is 11.1 Å². The SMILES string of the molecule is CC(=O)Nc1ncc(-c2ccc(N)cc2)nc1CC1CCCCC1. The third-order valence-electron chi connectivity index (χ3n) is 4.55. The van der Waals surface area contributed by atoms with Gasteiger partial charge in [-0.15, -0.1) is 0 Å². The molecule has 3 rings (SSSR count). The van der Waals surface area contributed by atoms with E-state index in [0.29, 0.717) is 11.7 Å². The maximum Gasteiger partial charge on any atom is 0.222 e. The van der Waals surface area contributed by atoms with Gasteiger partial charge in [0.05, 0.1) is 17.6 Å². The van der Waals surface area contributed by atoms with Crippen LogP contribution in [0.4, 0.5) is 11.5 Å². The molecule has 0 bridgehead atoms. The van der Waals surface area contributed by atoms with Crippen molar-refractivity contribution in [1.29, 1.82) is 0 Å². The van der Waals surface area contributed by atoms with Gasteiger partial charge in [-0.3, -0.25) is 4.79 Å². The molecule has 5 heteroatoms. The van der Waals surface area contributed by atoms with Crippen LogP contribution in [0.25, 0.3) is 11.3 Å². The van der Waals surface area contributed by atoms with E-state index < -0.39 is 0 Å². The number of carbonyl (C=O) groups excluding carboxylic acids is 1. The second-order valence-electron chi connectivity index (χ2n) is 6.56. The summed E-state index contributed by atoms with van der Waals surface area (Å²) in [4.78, 5) is 20.7. The first kappa shape index (κ1) is 16.4. The van der Waals surface area contributed by atoms with Crippen molar-refractivity contribution in [3.8, 4) is 11.3 Å². The minimum atomic E-state index is -0.116. The first-order valence-corrected chi connectivity index (χ1v) is 8.61. The van der Waals surface area contributed by atoms with Crippen LogP contribution in [-0.4, -0.2) is 15.9 Å². The summed E-state index contributed by atoms with van der Waals surface area (Å²) in [6.45, 7) is 1.50. The van der Waals surface area contributed by atoms with Gasteiger partial charge in [-0.1, -0.05) is 44.2 Å². The Hall–Kier alpha value is -2.43. The molecule has 1 heterocycles. The molecule has 0 spiro atoms. The normalized spacial score (nSPS) is 15.2. The van der Waals surface area contributed by atoms with Crippen LogP contribution in [0.5, 0.6) is 0 Å². The molecule has 0 unspecified atom stereocenters. The highest BCUT2D eigenvalue weighted by Gasteiger charge is 2.18. The number of hydrogen-bond acceptors (Lipinski definition) is 4. The molecule has 0 aliphatic heterocycles. The molecule has 0 saturated heterocycles. The average molecular weight is 324 g/mol. The van der Waals surface area contributed by atoms with Gasteiger partial charge >= 0.3 is 0 Å². The quantitative estimate of drug-likeness (QED) is 0.838. The monoisotopic (exact) mass is 324 g/mol. The Labute approximate surface area is 142 Å². The smallest absolute Gasteiger partial charge is 0.222 e. The zero-order valence-corrected chi connectivity index (χ0v) is 14.1. The van der Waals surface area contributed by atoms with Crippen LogP contribution in [-0.2, 0) is 11.2 Å². The molecule has 1 saturated carbocycles. The van der Waals surface area contributed by atoms with E-state index in [1.807, 2.05) is 24.3 Å². The Balaban J connectivity index is 1.90. The van der Waals surface area contributed by atoms with E-state index in [2.05, 4.69) is 10.3 Å². The number of nitrogens with two attached hydrogens (primary N) is 1. The van der Waals surface area contributed by atoms with Crippen LogP contribution < -0.4 is 11.1 Å². The van der Waals surface area contributed by atoms with E-state index in [0.717, 1.165) is 29.1 Å². The summed E-state index contributed by atoms with van der Waals surface area (Å²) in [6, 6.07) is 7.61. The van der Waals surface area contributed by atoms with Crippen LogP contribution in [0, 0.1) is 5.92 Å². The zero-order chi connectivity index (χ0) is 16.9. The van der Waals surface area contributed by atoms with E-state index in [1.165, 1.54) is 39.0 Å². The highest BCUT2D eigenvalue weighted by atomic mass is 16.1. The minimum absolute atomic E-state index is 0.116. The van der Waals surface area contributed by atoms with Crippen molar-refractivity contribution in [1.82, 2.24) is 9.97 Å². The van der Waals surface area contributed by atoms with Gasteiger partial charge in [-0.05, 0) is 24.5 Å². The van der Waals surface area contributed by atoms with Gasteiger partial charge in [-0.2, -0.15) is 0 Å². The number of aromatic nitrogens is 2. The fourth-order valence-electron chi connectivity index (χ4n) is 3.30. The highest BCUT2D eigenvalue weighted by molar-refractivity contribution is 5.88. The lowest BCUT2D eigenvalue weighted by molar-refractivity contribution is -0.114. The summed E-state index contributed by atoms with van der Waals surface area (Å²) >= 11 is 0. The second kappa shape index (κ2) is 7.43. The Morgan fingerprint density at radius 1 is 1.21 bits per heavy atom. The molecule has 24 heavy (non-hydrogen) atoms. The minimum Gasteiger partial charge on any atom is -0.399 e. The number of hydrogen-bond donors (Lipinski definition) is 2. The molecule has 0 radical (unpaired) electrons. The predicted octanol–water partition coefficient (Wildman–Crippen LogP) is 3.81. The first-order chi connectivity index (χ1) is 11.6. The molecular formula is C19H24N4O. The van der Waals surface area contributed by atoms with Crippen molar-refractivity contribution >= 4 is 17.4 Å². The molecule has 1 aromatic carbocycles. The highest BCUT2D eigenvalue weighted by Crippen LogP contribution is 2.29. The van der Waals surface area contributed by atoms with Crippen LogP contribution in [0.2, 0.25) is 0 Å². The standard InChI is InChI=1S/C19H24N4O/c1-13(24)22-19-17(11-14-5-3-2-4-6-14)23-18(12-21-19)15-7-9-16(20)10-8-15/h7-10,12,14H,2-6,11,20H2,1H3,(H,21,22,24). The lowest BCUT2D eigenvalue weighted by Gasteiger charge is -2.22. The molecule has 3 N–H and O–H groups in total. The van der Waals surface area contributed by atoms with Crippen LogP contribution in [0.3, 0.4) is 0 Å². The van der Waals surface area contributed by atoms with Gasteiger partial charge in [0.1, 0.15) is 0 Å². The average Bonchev–Trinajstić information content (AvgIpc) is 2.58. The molecule has 1 fully saturated rings. The molecule has 126 valence electrons. The number of carbonyl (C=O) groups is 1. The Kier molecular flexibility index (Phi) is 5.08. The Morgan fingerprint density at radius 3 is 2.58 bits per heavy atom. The third kappa shape index (κ3) is 4.10. The number of nitrogen functional groups attached to an aromatic ring is 1. The maximum atomic E-state index is 11.5. The van der Waals surface area contributed by atoms with Crippen LogP contribution in [0.1, 0.15) is 44.7 Å². The van der Waals surface area contributed by atoms with E-state index >= 15 is 0 Å². The summed E-state index contributed by atoms with van der Waals surface area (Å²) in [6.07, 6.45) is 8.93. The zero-order valence-electron chi connectivity index (χ0n) is 14.1. The summed E-state index contributed by atoms with van der Waals surface area (Å²) in [5.41, 5.74) is 9.16. The Bertz CT molecular complexity index is 706. The van der Waals surface area contributed by atoms with Crippen molar-refractivity contribution in [2.24, 2.45) is 5.92 Å². The first-order valence-electron chi connectivity index (χ1n) is 8.61. The largest absolute Gasteiger partial charge is 0.399 e. The number of nitrogens with one attached hydrogen (secondary N) is 1. The molecule has 5 nitrogen and oxygen atoms in total. The molecule has 0 atom stereocenters. The molecule has 1 aromatic heterocycles. The van der Waals surface area contributed by atoms with E-state index in [4.69, 9.17) is 10.7 Å².